The van der Waals surface area contributed by atoms with E-state index in [1.165, 1.54) is 34.2 Å². The van der Waals surface area contributed by atoms with Crippen molar-refractivity contribution >= 4 is 16.5 Å². The third kappa shape index (κ3) is 1.76. The first-order chi connectivity index (χ1) is 9.81. The summed E-state index contributed by atoms with van der Waals surface area (Å²) < 4.78 is 13.0. The highest BCUT2D eigenvalue weighted by molar-refractivity contribution is 5.96. The molecule has 1 aliphatic heterocycles. The van der Waals surface area contributed by atoms with Crippen LogP contribution in [0.2, 0.25) is 0 Å². The Balaban J connectivity index is 1.76. The van der Waals surface area contributed by atoms with Gasteiger partial charge in [-0.2, -0.15) is 0 Å². The molecule has 0 radical (unpaired) electrons. The Labute approximate surface area is 117 Å². The minimum absolute atomic E-state index is 0.185. The molecule has 1 nitrogen and oxygen atoms in total. The number of fused-ring (bicyclic) bond motifs is 3. The number of rotatable bonds is 1. The number of nitrogens with one attached hydrogen (secondary N) is 1. The van der Waals surface area contributed by atoms with E-state index in [2.05, 4.69) is 41.7 Å². The number of hydrogen-bond donors (Lipinski definition) is 1. The van der Waals surface area contributed by atoms with Gasteiger partial charge in [0.05, 0.1) is 6.04 Å². The summed E-state index contributed by atoms with van der Waals surface area (Å²) in [7, 11) is 0. The van der Waals surface area contributed by atoms with Crippen LogP contribution < -0.4 is 5.32 Å². The van der Waals surface area contributed by atoms with Crippen LogP contribution in [0.5, 0.6) is 0 Å². The molecular formula is C18H14FN. The van der Waals surface area contributed by atoms with Crippen molar-refractivity contribution in [2.24, 2.45) is 0 Å². The Hall–Kier alpha value is -2.35. The molecule has 0 fully saturated rings. The standard InChI is InChI=1S/C18H14FN/c19-15-9-7-13(8-10-15)17-11-14-6-5-12-3-1-2-4-16(12)18(14)20-17/h1-10,17,20H,11H2. The minimum Gasteiger partial charge on any atom is -0.377 e. The van der Waals surface area contributed by atoms with Gasteiger partial charge < -0.3 is 5.32 Å². The van der Waals surface area contributed by atoms with Crippen LogP contribution >= 0.6 is 0 Å². The smallest absolute Gasteiger partial charge is 0.123 e. The molecule has 98 valence electrons. The van der Waals surface area contributed by atoms with E-state index in [-0.39, 0.29) is 11.9 Å². The molecule has 0 bridgehead atoms. The van der Waals surface area contributed by atoms with Gasteiger partial charge in [-0.25, -0.2) is 4.39 Å². The van der Waals surface area contributed by atoms with Crippen LogP contribution in [0.4, 0.5) is 10.1 Å². The van der Waals surface area contributed by atoms with Crippen molar-refractivity contribution < 1.29 is 4.39 Å². The molecule has 0 spiro atoms. The van der Waals surface area contributed by atoms with Gasteiger partial charge in [0.25, 0.3) is 0 Å². The van der Waals surface area contributed by atoms with E-state index in [9.17, 15) is 4.39 Å². The van der Waals surface area contributed by atoms with Gasteiger partial charge in [0.2, 0.25) is 0 Å². The van der Waals surface area contributed by atoms with E-state index in [1.54, 1.807) is 0 Å². The average molecular weight is 263 g/mol. The van der Waals surface area contributed by atoms with E-state index in [0.717, 1.165) is 12.0 Å². The molecule has 1 aliphatic rings. The quantitative estimate of drug-likeness (QED) is 0.671. The van der Waals surface area contributed by atoms with Gasteiger partial charge in [-0.1, -0.05) is 48.5 Å². The maximum atomic E-state index is 13.0. The molecule has 0 aromatic heterocycles. The van der Waals surface area contributed by atoms with Gasteiger partial charge in [0.15, 0.2) is 0 Å². The largest absolute Gasteiger partial charge is 0.377 e. The summed E-state index contributed by atoms with van der Waals surface area (Å²) in [6.07, 6.45) is 0.950. The summed E-state index contributed by atoms with van der Waals surface area (Å²) in [5.74, 6) is -0.185. The first kappa shape index (κ1) is 11.5. The highest BCUT2D eigenvalue weighted by Crippen LogP contribution is 2.38. The third-order valence-corrected chi connectivity index (χ3v) is 4.03. The lowest BCUT2D eigenvalue weighted by atomic mass is 10.0. The van der Waals surface area contributed by atoms with Crippen molar-refractivity contribution in [2.75, 3.05) is 5.32 Å². The lowest BCUT2D eigenvalue weighted by molar-refractivity contribution is 0.626. The van der Waals surface area contributed by atoms with E-state index >= 15 is 0 Å². The molecule has 3 aromatic carbocycles. The Bertz CT molecular complexity index is 777. The van der Waals surface area contributed by atoms with Gasteiger partial charge in [-0.05, 0) is 35.1 Å². The lowest BCUT2D eigenvalue weighted by Gasteiger charge is -2.12. The van der Waals surface area contributed by atoms with Crippen LogP contribution in [0, 0.1) is 5.82 Å². The zero-order chi connectivity index (χ0) is 13.5. The van der Waals surface area contributed by atoms with Gasteiger partial charge in [0, 0.05) is 11.1 Å². The monoisotopic (exact) mass is 263 g/mol. The van der Waals surface area contributed by atoms with E-state index in [1.807, 2.05) is 12.1 Å². The second kappa shape index (κ2) is 4.34. The summed E-state index contributed by atoms with van der Waals surface area (Å²) in [6, 6.07) is 19.8. The molecule has 4 rings (SSSR count). The number of anilines is 1. The minimum atomic E-state index is -0.185. The lowest BCUT2D eigenvalue weighted by Crippen LogP contribution is -2.05. The SMILES string of the molecule is Fc1ccc(C2Cc3ccc4ccccc4c3N2)cc1. The molecule has 1 atom stereocenters. The molecule has 0 amide bonds. The fourth-order valence-electron chi connectivity index (χ4n) is 3.00. The summed E-state index contributed by atoms with van der Waals surface area (Å²) in [4.78, 5) is 0. The van der Waals surface area contributed by atoms with Gasteiger partial charge >= 0.3 is 0 Å². The molecular weight excluding hydrogens is 249 g/mol. The molecule has 2 heteroatoms. The first-order valence-corrected chi connectivity index (χ1v) is 6.84. The van der Waals surface area contributed by atoms with Crippen LogP contribution in [-0.4, -0.2) is 0 Å². The number of halogens is 1. The fourth-order valence-corrected chi connectivity index (χ4v) is 3.00. The fraction of sp³-hybridized carbons (Fsp3) is 0.111. The van der Waals surface area contributed by atoms with Crippen molar-refractivity contribution in [1.29, 1.82) is 0 Å². The Morgan fingerprint density at radius 2 is 1.70 bits per heavy atom. The van der Waals surface area contributed by atoms with E-state index < -0.39 is 0 Å². The van der Waals surface area contributed by atoms with Crippen molar-refractivity contribution in [3.63, 3.8) is 0 Å². The van der Waals surface area contributed by atoms with Gasteiger partial charge in [-0.15, -0.1) is 0 Å². The van der Waals surface area contributed by atoms with Crippen LogP contribution in [0.1, 0.15) is 17.2 Å². The van der Waals surface area contributed by atoms with Crippen molar-refractivity contribution in [2.45, 2.75) is 12.5 Å². The van der Waals surface area contributed by atoms with Crippen molar-refractivity contribution in [3.8, 4) is 0 Å². The molecule has 1 unspecified atom stereocenters. The molecule has 3 aromatic rings. The second-order valence-corrected chi connectivity index (χ2v) is 5.27. The van der Waals surface area contributed by atoms with Gasteiger partial charge in [-0.3, -0.25) is 0 Å². The molecule has 0 saturated heterocycles. The average Bonchev–Trinajstić information content (AvgIpc) is 2.92. The van der Waals surface area contributed by atoms with Crippen molar-refractivity contribution in [3.05, 3.63) is 77.6 Å². The summed E-state index contributed by atoms with van der Waals surface area (Å²) in [5, 5.41) is 6.10. The second-order valence-electron chi connectivity index (χ2n) is 5.27. The van der Waals surface area contributed by atoms with Gasteiger partial charge in [0.1, 0.15) is 5.82 Å². The normalized spacial score (nSPS) is 16.9. The van der Waals surface area contributed by atoms with Crippen LogP contribution in [-0.2, 0) is 6.42 Å². The zero-order valence-electron chi connectivity index (χ0n) is 10.9. The third-order valence-electron chi connectivity index (χ3n) is 4.03. The molecule has 20 heavy (non-hydrogen) atoms. The first-order valence-electron chi connectivity index (χ1n) is 6.84. The van der Waals surface area contributed by atoms with Crippen LogP contribution in [0.3, 0.4) is 0 Å². The summed E-state index contributed by atoms with van der Waals surface area (Å²) in [5.41, 5.74) is 3.68. The van der Waals surface area contributed by atoms with Crippen molar-refractivity contribution in [1.82, 2.24) is 0 Å². The maximum Gasteiger partial charge on any atom is 0.123 e. The predicted octanol–water partition coefficient (Wildman–Crippen LogP) is 4.69. The molecule has 0 saturated carbocycles. The number of benzene rings is 3. The Morgan fingerprint density at radius 1 is 0.900 bits per heavy atom. The maximum absolute atomic E-state index is 13.0. The molecule has 1 N–H and O–H groups in total. The molecule has 1 heterocycles. The summed E-state index contributed by atoms with van der Waals surface area (Å²) >= 11 is 0. The Morgan fingerprint density at radius 3 is 2.55 bits per heavy atom. The summed E-state index contributed by atoms with van der Waals surface area (Å²) in [6.45, 7) is 0. The molecule has 0 aliphatic carbocycles. The van der Waals surface area contributed by atoms with Crippen LogP contribution in [0.15, 0.2) is 60.7 Å². The zero-order valence-corrected chi connectivity index (χ0v) is 10.9. The van der Waals surface area contributed by atoms with E-state index in [0.29, 0.717) is 0 Å². The highest BCUT2D eigenvalue weighted by Gasteiger charge is 2.23. The predicted molar refractivity (Wildman–Crippen MR) is 80.4 cm³/mol. The van der Waals surface area contributed by atoms with Crippen LogP contribution in [0.25, 0.3) is 10.8 Å². The van der Waals surface area contributed by atoms with E-state index in [4.69, 9.17) is 0 Å². The highest BCUT2D eigenvalue weighted by atomic mass is 19.1. The number of hydrogen-bond acceptors (Lipinski definition) is 1. The topological polar surface area (TPSA) is 12.0 Å². The Kier molecular flexibility index (Phi) is 2.49.